The molecule has 22 heavy (non-hydrogen) atoms. The maximum Gasteiger partial charge on any atom is 0.268 e. The molecule has 0 aromatic carbocycles. The van der Waals surface area contributed by atoms with Crippen LogP contribution in [0.3, 0.4) is 0 Å². The highest BCUT2D eigenvalue weighted by molar-refractivity contribution is 7.17. The Morgan fingerprint density at radius 2 is 2.36 bits per heavy atom. The zero-order valence-electron chi connectivity index (χ0n) is 12.8. The smallest absolute Gasteiger partial charge is 0.268 e. The summed E-state index contributed by atoms with van der Waals surface area (Å²) in [5.74, 6) is 1.14. The van der Waals surface area contributed by atoms with Crippen molar-refractivity contribution in [3.63, 3.8) is 0 Å². The topological polar surface area (TPSA) is 78.1 Å². The average Bonchev–Trinajstić information content (AvgIpc) is 2.95. The molecule has 1 amide bonds. The van der Waals surface area contributed by atoms with Gasteiger partial charge in [0.05, 0.1) is 18.1 Å². The van der Waals surface area contributed by atoms with Crippen molar-refractivity contribution in [3.05, 3.63) is 27.6 Å². The first-order valence-corrected chi connectivity index (χ1v) is 8.37. The highest BCUT2D eigenvalue weighted by Gasteiger charge is 2.27. The Labute approximate surface area is 132 Å². The quantitative estimate of drug-likeness (QED) is 0.894. The molecule has 0 bridgehead atoms. The normalized spacial score (nSPS) is 21.9. The lowest BCUT2D eigenvalue weighted by Crippen LogP contribution is -2.48. The fourth-order valence-electron chi connectivity index (χ4n) is 2.86. The lowest BCUT2D eigenvalue weighted by atomic mass is 9.93. The fraction of sp³-hybridized carbons (Fsp3) is 0.533. The molecule has 2 atom stereocenters. The van der Waals surface area contributed by atoms with Gasteiger partial charge >= 0.3 is 0 Å². The minimum absolute atomic E-state index is 0.0552. The lowest BCUT2D eigenvalue weighted by Gasteiger charge is -2.30. The molecule has 3 heterocycles. The SMILES string of the molecule is CC1CCNC(C(=O)N(C)Cc2nc3ccsc3c(=O)[nH]2)C1. The summed E-state index contributed by atoms with van der Waals surface area (Å²) in [4.78, 5) is 33.3. The Balaban J connectivity index is 1.73. The number of aromatic amines is 1. The summed E-state index contributed by atoms with van der Waals surface area (Å²) >= 11 is 1.37. The van der Waals surface area contributed by atoms with E-state index in [9.17, 15) is 9.59 Å². The van der Waals surface area contributed by atoms with Crippen LogP contribution in [0, 0.1) is 5.92 Å². The second-order valence-electron chi connectivity index (χ2n) is 5.98. The number of H-pyrrole nitrogens is 1. The predicted molar refractivity (Wildman–Crippen MR) is 86.9 cm³/mol. The molecule has 0 saturated carbocycles. The number of piperidine rings is 1. The van der Waals surface area contributed by atoms with E-state index in [0.29, 0.717) is 28.5 Å². The molecular weight excluding hydrogens is 300 g/mol. The second-order valence-corrected chi connectivity index (χ2v) is 6.89. The fourth-order valence-corrected chi connectivity index (χ4v) is 3.59. The van der Waals surface area contributed by atoms with Crippen LogP contribution in [0.1, 0.15) is 25.6 Å². The Hall–Kier alpha value is -1.73. The van der Waals surface area contributed by atoms with Gasteiger partial charge in [0, 0.05) is 7.05 Å². The van der Waals surface area contributed by atoms with Crippen LogP contribution in [0.25, 0.3) is 10.2 Å². The molecular formula is C15H20N4O2S. The molecule has 2 aromatic rings. The van der Waals surface area contributed by atoms with E-state index >= 15 is 0 Å². The Morgan fingerprint density at radius 3 is 3.14 bits per heavy atom. The van der Waals surface area contributed by atoms with Crippen LogP contribution < -0.4 is 10.9 Å². The van der Waals surface area contributed by atoms with Gasteiger partial charge in [0.1, 0.15) is 10.5 Å². The summed E-state index contributed by atoms with van der Waals surface area (Å²) in [7, 11) is 1.75. The maximum absolute atomic E-state index is 12.5. The Kier molecular flexibility index (Phi) is 4.26. The van der Waals surface area contributed by atoms with Crippen LogP contribution in [0.2, 0.25) is 0 Å². The lowest BCUT2D eigenvalue weighted by molar-refractivity contribution is -0.133. The summed E-state index contributed by atoms with van der Waals surface area (Å²) in [5.41, 5.74) is 0.550. The first-order chi connectivity index (χ1) is 10.5. The van der Waals surface area contributed by atoms with E-state index in [1.807, 2.05) is 11.4 Å². The van der Waals surface area contributed by atoms with E-state index in [1.165, 1.54) is 11.3 Å². The van der Waals surface area contributed by atoms with Crippen molar-refractivity contribution in [3.8, 4) is 0 Å². The van der Waals surface area contributed by atoms with Gasteiger partial charge in [-0.05, 0) is 36.8 Å². The van der Waals surface area contributed by atoms with Gasteiger partial charge in [-0.2, -0.15) is 0 Å². The number of likely N-dealkylation sites (N-methyl/N-ethyl adjacent to an activating group) is 1. The number of hydrogen-bond acceptors (Lipinski definition) is 5. The molecule has 2 aromatic heterocycles. The number of nitrogens with zero attached hydrogens (tertiary/aromatic N) is 2. The van der Waals surface area contributed by atoms with Crippen molar-refractivity contribution < 1.29 is 4.79 Å². The van der Waals surface area contributed by atoms with Crippen molar-refractivity contribution >= 4 is 27.5 Å². The van der Waals surface area contributed by atoms with Crippen LogP contribution in [0.4, 0.5) is 0 Å². The van der Waals surface area contributed by atoms with E-state index in [-0.39, 0.29) is 17.5 Å². The third kappa shape index (κ3) is 3.05. The summed E-state index contributed by atoms with van der Waals surface area (Å²) in [6.45, 7) is 3.36. The van der Waals surface area contributed by atoms with Gasteiger partial charge < -0.3 is 15.2 Å². The first-order valence-electron chi connectivity index (χ1n) is 7.49. The summed E-state index contributed by atoms with van der Waals surface area (Å²) in [6.07, 6.45) is 1.97. The van der Waals surface area contributed by atoms with Gasteiger partial charge in [0.2, 0.25) is 5.91 Å². The Morgan fingerprint density at radius 1 is 1.55 bits per heavy atom. The summed E-state index contributed by atoms with van der Waals surface area (Å²) in [5, 5.41) is 5.12. The molecule has 6 nitrogen and oxygen atoms in total. The van der Waals surface area contributed by atoms with Gasteiger partial charge in [-0.25, -0.2) is 4.98 Å². The molecule has 2 unspecified atom stereocenters. The largest absolute Gasteiger partial charge is 0.337 e. The molecule has 0 spiro atoms. The standard InChI is InChI=1S/C15H20N4O2S/c1-9-3-5-16-11(7-9)15(21)19(2)8-12-17-10-4-6-22-13(10)14(20)18-12/h4,6,9,11,16H,3,5,7-8H2,1-2H3,(H,17,18,20). The summed E-state index contributed by atoms with van der Waals surface area (Å²) < 4.78 is 0.625. The molecule has 2 N–H and O–H groups in total. The molecule has 1 saturated heterocycles. The van der Waals surface area contributed by atoms with Crippen LogP contribution in [0.5, 0.6) is 0 Å². The minimum atomic E-state index is -0.139. The Bertz CT molecular complexity index is 738. The number of aromatic nitrogens is 2. The maximum atomic E-state index is 12.5. The van der Waals surface area contributed by atoms with E-state index in [2.05, 4.69) is 22.2 Å². The zero-order chi connectivity index (χ0) is 15.7. The first kappa shape index (κ1) is 15.2. The molecule has 0 aliphatic carbocycles. The number of carbonyl (C=O) groups excluding carboxylic acids is 1. The number of fused-ring (bicyclic) bond motifs is 1. The van der Waals surface area contributed by atoms with Crippen molar-refractivity contribution in [2.24, 2.45) is 5.92 Å². The zero-order valence-corrected chi connectivity index (χ0v) is 13.6. The van der Waals surface area contributed by atoms with Crippen molar-refractivity contribution in [1.29, 1.82) is 0 Å². The average molecular weight is 320 g/mol. The molecule has 1 aliphatic rings. The van der Waals surface area contributed by atoms with Gasteiger partial charge in [0.25, 0.3) is 5.56 Å². The van der Waals surface area contributed by atoms with Crippen LogP contribution in [-0.4, -0.2) is 40.4 Å². The third-order valence-corrected chi connectivity index (χ3v) is 4.99. The molecule has 0 radical (unpaired) electrons. The predicted octanol–water partition coefficient (Wildman–Crippen LogP) is 1.33. The van der Waals surface area contributed by atoms with Crippen molar-refractivity contribution in [1.82, 2.24) is 20.2 Å². The minimum Gasteiger partial charge on any atom is -0.337 e. The van der Waals surface area contributed by atoms with E-state index in [1.54, 1.807) is 11.9 Å². The molecule has 118 valence electrons. The highest BCUT2D eigenvalue weighted by Crippen LogP contribution is 2.17. The molecule has 1 aliphatic heterocycles. The van der Waals surface area contributed by atoms with Gasteiger partial charge in [-0.3, -0.25) is 9.59 Å². The van der Waals surface area contributed by atoms with E-state index < -0.39 is 0 Å². The second kappa shape index (κ2) is 6.18. The van der Waals surface area contributed by atoms with E-state index in [0.717, 1.165) is 19.4 Å². The molecule has 3 rings (SSSR count). The number of rotatable bonds is 3. The van der Waals surface area contributed by atoms with E-state index in [4.69, 9.17) is 0 Å². The highest BCUT2D eigenvalue weighted by atomic mass is 32.1. The number of amides is 1. The van der Waals surface area contributed by atoms with Crippen molar-refractivity contribution in [2.45, 2.75) is 32.4 Å². The molecule has 7 heteroatoms. The van der Waals surface area contributed by atoms with Crippen LogP contribution in [-0.2, 0) is 11.3 Å². The van der Waals surface area contributed by atoms with Gasteiger partial charge in [-0.15, -0.1) is 11.3 Å². The van der Waals surface area contributed by atoms with Crippen molar-refractivity contribution in [2.75, 3.05) is 13.6 Å². The monoisotopic (exact) mass is 320 g/mol. The van der Waals surface area contributed by atoms with Gasteiger partial charge in [-0.1, -0.05) is 6.92 Å². The van der Waals surface area contributed by atoms with Gasteiger partial charge in [0.15, 0.2) is 0 Å². The number of thiophene rings is 1. The molecule has 1 fully saturated rings. The number of nitrogens with one attached hydrogen (secondary N) is 2. The summed E-state index contributed by atoms with van der Waals surface area (Å²) in [6, 6.07) is 1.69. The number of hydrogen-bond donors (Lipinski definition) is 2. The van der Waals surface area contributed by atoms with Crippen LogP contribution in [0.15, 0.2) is 16.2 Å². The number of carbonyl (C=O) groups is 1. The third-order valence-electron chi connectivity index (χ3n) is 4.09. The van der Waals surface area contributed by atoms with Crippen LogP contribution >= 0.6 is 11.3 Å².